The molecule has 4 aromatic rings. The predicted molar refractivity (Wildman–Crippen MR) is 101 cm³/mol. The van der Waals surface area contributed by atoms with Gasteiger partial charge in [0.25, 0.3) is 0 Å². The number of alkyl halides is 3. The first kappa shape index (κ1) is 19.7. The van der Waals surface area contributed by atoms with E-state index >= 15 is 0 Å². The van der Waals surface area contributed by atoms with Crippen molar-refractivity contribution in [2.45, 2.75) is 11.1 Å². The lowest BCUT2D eigenvalue weighted by molar-refractivity contribution is -0.139. The van der Waals surface area contributed by atoms with Crippen LogP contribution < -0.4 is 10.9 Å². The number of H-pyrrole nitrogens is 1. The van der Waals surface area contributed by atoms with E-state index in [0.717, 1.165) is 6.07 Å². The van der Waals surface area contributed by atoms with Crippen LogP contribution in [0.3, 0.4) is 0 Å². The Morgan fingerprint density at radius 1 is 1.03 bits per heavy atom. The van der Waals surface area contributed by atoms with Crippen LogP contribution in [0.2, 0.25) is 0 Å². The Balaban J connectivity index is 2.10. The van der Waals surface area contributed by atoms with Crippen LogP contribution in [0.1, 0.15) is 5.56 Å². The number of halogens is 3. The number of nitrogens with one attached hydrogen (secondary N) is 1. The van der Waals surface area contributed by atoms with E-state index in [-0.39, 0.29) is 11.4 Å². The van der Waals surface area contributed by atoms with Crippen molar-refractivity contribution in [1.29, 1.82) is 0 Å². The number of hydrogen-bond donors (Lipinski definition) is 3. The molecule has 0 atom stereocenters. The lowest BCUT2D eigenvalue weighted by Crippen LogP contribution is -2.21. The van der Waals surface area contributed by atoms with Crippen LogP contribution in [0.4, 0.5) is 19.0 Å². The van der Waals surface area contributed by atoms with Gasteiger partial charge in [-0.2, -0.15) is 18.4 Å². The van der Waals surface area contributed by atoms with Crippen molar-refractivity contribution in [2.24, 2.45) is 5.14 Å². The number of nitrogens with two attached hydrogens (primary N) is 2. The van der Waals surface area contributed by atoms with Crippen molar-refractivity contribution in [1.82, 2.24) is 25.6 Å². The summed E-state index contributed by atoms with van der Waals surface area (Å²) < 4.78 is 65.2. The lowest BCUT2D eigenvalue weighted by atomic mass is 9.95. The fourth-order valence-corrected chi connectivity index (χ4v) is 4.12. The SMILES string of the molecule is Nc1ccc2cc(-c3ccc(C(F)(F)F)c(S(N)(=O)=O)c3-c3nn[nH]n3)ccc2n1. The van der Waals surface area contributed by atoms with E-state index in [1.807, 2.05) is 0 Å². The van der Waals surface area contributed by atoms with Gasteiger partial charge < -0.3 is 5.73 Å². The summed E-state index contributed by atoms with van der Waals surface area (Å²) in [6.07, 6.45) is -4.98. The van der Waals surface area contributed by atoms with Gasteiger partial charge in [-0.3, -0.25) is 0 Å². The van der Waals surface area contributed by atoms with Gasteiger partial charge in [0.15, 0.2) is 0 Å². The van der Waals surface area contributed by atoms with Crippen LogP contribution in [0, 0.1) is 0 Å². The monoisotopic (exact) mass is 435 g/mol. The molecule has 0 bridgehead atoms. The van der Waals surface area contributed by atoms with Gasteiger partial charge >= 0.3 is 6.18 Å². The summed E-state index contributed by atoms with van der Waals surface area (Å²) in [5.74, 6) is -0.0515. The van der Waals surface area contributed by atoms with Gasteiger partial charge in [-0.05, 0) is 46.7 Å². The molecule has 2 heterocycles. The molecule has 2 aromatic heterocycles. The van der Waals surface area contributed by atoms with E-state index in [0.29, 0.717) is 28.4 Å². The molecule has 0 unspecified atom stereocenters. The first-order valence-electron chi connectivity index (χ1n) is 8.23. The number of rotatable bonds is 3. The summed E-state index contributed by atoms with van der Waals surface area (Å²) in [6.45, 7) is 0. The molecule has 30 heavy (non-hydrogen) atoms. The fraction of sp³-hybridized carbons (Fsp3) is 0.0588. The molecule has 0 aliphatic carbocycles. The average Bonchev–Trinajstić information content (AvgIpc) is 3.19. The number of nitrogens with zero attached hydrogens (tertiary/aromatic N) is 4. The third kappa shape index (κ3) is 3.44. The van der Waals surface area contributed by atoms with Crippen molar-refractivity contribution in [3.8, 4) is 22.5 Å². The van der Waals surface area contributed by atoms with E-state index < -0.39 is 32.2 Å². The molecule has 0 radical (unpaired) electrons. The number of tetrazole rings is 1. The number of anilines is 1. The first-order valence-corrected chi connectivity index (χ1v) is 9.78. The van der Waals surface area contributed by atoms with Crippen molar-refractivity contribution in [3.63, 3.8) is 0 Å². The van der Waals surface area contributed by atoms with E-state index in [9.17, 15) is 21.6 Å². The average molecular weight is 435 g/mol. The van der Waals surface area contributed by atoms with Crippen molar-refractivity contribution >= 4 is 26.7 Å². The second-order valence-corrected chi connectivity index (χ2v) is 7.78. The Morgan fingerprint density at radius 2 is 1.80 bits per heavy atom. The molecular weight excluding hydrogens is 423 g/mol. The number of fused-ring (bicyclic) bond motifs is 1. The Labute approximate surface area is 167 Å². The molecule has 0 aliphatic rings. The Hall–Kier alpha value is -3.58. The molecule has 4 rings (SSSR count). The van der Waals surface area contributed by atoms with Crippen molar-refractivity contribution in [2.75, 3.05) is 5.73 Å². The summed E-state index contributed by atoms with van der Waals surface area (Å²) in [4.78, 5) is 3.02. The highest BCUT2D eigenvalue weighted by molar-refractivity contribution is 7.89. The summed E-state index contributed by atoms with van der Waals surface area (Å²) >= 11 is 0. The van der Waals surface area contributed by atoms with E-state index in [1.165, 1.54) is 0 Å². The molecule has 0 spiro atoms. The molecule has 13 heteroatoms. The van der Waals surface area contributed by atoms with Gasteiger partial charge in [0, 0.05) is 5.39 Å². The minimum atomic E-state index is -4.98. The number of hydrogen-bond acceptors (Lipinski definition) is 7. The van der Waals surface area contributed by atoms with Gasteiger partial charge in [-0.1, -0.05) is 12.1 Å². The highest BCUT2D eigenvalue weighted by Gasteiger charge is 2.39. The molecular formula is C17H12F3N7O2S. The molecule has 9 nitrogen and oxygen atoms in total. The number of sulfonamides is 1. The summed E-state index contributed by atoms with van der Waals surface area (Å²) in [5.41, 5.74) is 4.89. The van der Waals surface area contributed by atoms with Crippen LogP contribution in [0.15, 0.2) is 47.4 Å². The van der Waals surface area contributed by atoms with E-state index in [2.05, 4.69) is 25.6 Å². The maximum Gasteiger partial charge on any atom is 0.417 e. The summed E-state index contributed by atoms with van der Waals surface area (Å²) in [5, 5.41) is 18.6. The number of benzene rings is 2. The molecule has 0 saturated carbocycles. The Kier molecular flexibility index (Phi) is 4.43. The number of pyridine rings is 1. The largest absolute Gasteiger partial charge is 0.417 e. The van der Waals surface area contributed by atoms with Crippen LogP contribution >= 0.6 is 0 Å². The van der Waals surface area contributed by atoms with Crippen molar-refractivity contribution < 1.29 is 21.6 Å². The highest BCUT2D eigenvalue weighted by atomic mass is 32.2. The minimum Gasteiger partial charge on any atom is -0.384 e. The van der Waals surface area contributed by atoms with Crippen LogP contribution in [-0.4, -0.2) is 34.0 Å². The number of aromatic nitrogens is 5. The maximum atomic E-state index is 13.6. The van der Waals surface area contributed by atoms with Crippen LogP contribution in [0.5, 0.6) is 0 Å². The topological polar surface area (TPSA) is 154 Å². The highest BCUT2D eigenvalue weighted by Crippen LogP contribution is 2.43. The molecule has 5 N–H and O–H groups in total. The summed E-state index contributed by atoms with van der Waals surface area (Å²) in [6, 6.07) is 9.83. The molecule has 0 amide bonds. The maximum absolute atomic E-state index is 13.6. The zero-order valence-corrected chi connectivity index (χ0v) is 15.7. The molecule has 0 aliphatic heterocycles. The number of primary sulfonamides is 1. The zero-order chi connectivity index (χ0) is 21.7. The molecule has 2 aromatic carbocycles. The third-order valence-corrected chi connectivity index (χ3v) is 5.33. The molecule has 0 fully saturated rings. The smallest absolute Gasteiger partial charge is 0.384 e. The number of aromatic amines is 1. The Bertz CT molecular complexity index is 1370. The standard InChI is InChI=1S/C17H12F3N7O2S/c18-17(19,20)11-4-3-10(8-1-5-12-9(7-8)2-6-13(21)23-12)14(15(11)30(22,28)29)16-24-26-27-25-16/h1-7H,(H2,21,23)(H2,22,28,29)(H,24,25,26,27). The van der Waals surface area contributed by atoms with Gasteiger partial charge in [-0.25, -0.2) is 18.5 Å². The van der Waals surface area contributed by atoms with Gasteiger partial charge in [0.05, 0.1) is 16.6 Å². The molecule has 0 saturated heterocycles. The normalized spacial score (nSPS) is 12.4. The predicted octanol–water partition coefficient (Wildman–Crippen LogP) is 2.33. The minimum absolute atomic E-state index is 0.118. The fourth-order valence-electron chi connectivity index (χ4n) is 3.14. The summed E-state index contributed by atoms with van der Waals surface area (Å²) in [7, 11) is -4.82. The third-order valence-electron chi connectivity index (χ3n) is 4.34. The van der Waals surface area contributed by atoms with Gasteiger partial charge in [-0.15, -0.1) is 10.2 Å². The van der Waals surface area contributed by atoms with Gasteiger partial charge in [0.2, 0.25) is 15.8 Å². The van der Waals surface area contributed by atoms with Crippen LogP contribution in [0.25, 0.3) is 33.4 Å². The number of nitrogen functional groups attached to an aromatic ring is 1. The Morgan fingerprint density at radius 3 is 2.43 bits per heavy atom. The van der Waals surface area contributed by atoms with Crippen LogP contribution in [-0.2, 0) is 16.2 Å². The zero-order valence-electron chi connectivity index (χ0n) is 14.8. The first-order chi connectivity index (χ1) is 14.1. The van der Waals surface area contributed by atoms with E-state index in [4.69, 9.17) is 10.9 Å². The van der Waals surface area contributed by atoms with Crippen molar-refractivity contribution in [3.05, 3.63) is 48.0 Å². The van der Waals surface area contributed by atoms with E-state index in [1.54, 1.807) is 30.3 Å². The van der Waals surface area contributed by atoms with Gasteiger partial charge in [0.1, 0.15) is 10.7 Å². The second-order valence-electron chi connectivity index (χ2n) is 6.29. The quantitative estimate of drug-likeness (QED) is 0.446. The second kappa shape index (κ2) is 6.74. The lowest BCUT2D eigenvalue weighted by Gasteiger charge is -2.17. The molecule has 154 valence electrons.